The number of nitrogens with two attached hydrogens (primary N) is 2. The molecule has 0 bridgehead atoms. The van der Waals surface area contributed by atoms with E-state index in [1.165, 1.54) is 0 Å². The SMILES string of the molecule is Nc1cc(F)c(F)c(Oc2cc(Oc3cc(N)cc(F)c3F)c(C(F)(F)F)cc2C(F)(F)F)c1. The third-order valence-electron chi connectivity index (χ3n) is 4.17. The van der Waals surface area contributed by atoms with Crippen LogP contribution in [0.1, 0.15) is 11.1 Å². The molecule has 0 saturated heterocycles. The lowest BCUT2D eigenvalue weighted by Gasteiger charge is -2.20. The fourth-order valence-electron chi connectivity index (χ4n) is 2.73. The Morgan fingerprint density at radius 3 is 1.18 bits per heavy atom. The molecule has 0 amide bonds. The molecule has 14 heteroatoms. The number of nitrogen functional groups attached to an aromatic ring is 2. The standard InChI is InChI=1S/C20H10F10N2O2/c21-11-1-7(31)3-15(17(11)23)33-13-6-14(34-16-4-8(32)2-12(22)18(16)24)10(20(28,29)30)5-9(13)19(25,26)27/h1-6H,31-32H2. The highest BCUT2D eigenvalue weighted by Gasteiger charge is 2.42. The van der Waals surface area contributed by atoms with Gasteiger partial charge >= 0.3 is 12.4 Å². The summed E-state index contributed by atoms with van der Waals surface area (Å²) in [6.45, 7) is 0. The van der Waals surface area contributed by atoms with Crippen molar-refractivity contribution < 1.29 is 53.4 Å². The third kappa shape index (κ3) is 5.05. The zero-order valence-electron chi connectivity index (χ0n) is 16.2. The molecule has 3 rings (SSSR count). The number of rotatable bonds is 4. The van der Waals surface area contributed by atoms with Crippen molar-refractivity contribution in [3.05, 3.63) is 70.8 Å². The van der Waals surface area contributed by atoms with Gasteiger partial charge in [-0.1, -0.05) is 0 Å². The van der Waals surface area contributed by atoms with Gasteiger partial charge in [-0.3, -0.25) is 0 Å². The number of ether oxygens (including phenoxy) is 2. The minimum Gasteiger partial charge on any atom is -0.453 e. The minimum absolute atomic E-state index is 0.00666. The molecule has 0 aliphatic rings. The molecule has 0 aliphatic heterocycles. The van der Waals surface area contributed by atoms with Gasteiger partial charge in [-0.05, 0) is 6.07 Å². The second-order valence-electron chi connectivity index (χ2n) is 6.67. The lowest BCUT2D eigenvalue weighted by atomic mass is 10.1. The molecule has 3 aromatic carbocycles. The number of halogens is 10. The molecular formula is C20H10F10N2O2. The Morgan fingerprint density at radius 1 is 0.500 bits per heavy atom. The van der Waals surface area contributed by atoms with Crippen LogP contribution in [0, 0.1) is 23.3 Å². The first kappa shape index (κ1) is 24.8. The minimum atomic E-state index is -5.49. The molecule has 0 aliphatic carbocycles. The first-order valence-electron chi connectivity index (χ1n) is 8.75. The average Bonchev–Trinajstić information content (AvgIpc) is 2.67. The molecule has 0 fully saturated rings. The Hall–Kier alpha value is -3.84. The Labute approximate surface area is 183 Å². The van der Waals surface area contributed by atoms with E-state index in [-0.39, 0.29) is 6.07 Å². The van der Waals surface area contributed by atoms with Crippen LogP contribution in [0.2, 0.25) is 0 Å². The maximum Gasteiger partial charge on any atom is 0.420 e. The number of hydrogen-bond acceptors (Lipinski definition) is 4. The third-order valence-corrected chi connectivity index (χ3v) is 4.17. The molecule has 0 radical (unpaired) electrons. The van der Waals surface area contributed by atoms with E-state index < -0.39 is 87.2 Å². The molecule has 4 N–H and O–H groups in total. The molecule has 4 nitrogen and oxygen atoms in total. The lowest BCUT2D eigenvalue weighted by molar-refractivity contribution is -0.144. The highest BCUT2D eigenvalue weighted by atomic mass is 19.4. The van der Waals surface area contributed by atoms with Crippen LogP contribution in [0.4, 0.5) is 55.3 Å². The summed E-state index contributed by atoms with van der Waals surface area (Å²) in [5.41, 5.74) is 5.50. The van der Waals surface area contributed by atoms with Gasteiger partial charge < -0.3 is 20.9 Å². The van der Waals surface area contributed by atoms with Crippen LogP contribution >= 0.6 is 0 Å². The molecule has 0 atom stereocenters. The first-order valence-corrected chi connectivity index (χ1v) is 8.75. The molecule has 0 unspecified atom stereocenters. The molecule has 0 heterocycles. The van der Waals surface area contributed by atoms with E-state index in [9.17, 15) is 43.9 Å². The first-order chi connectivity index (χ1) is 15.6. The van der Waals surface area contributed by atoms with Crippen molar-refractivity contribution in [2.45, 2.75) is 12.4 Å². The van der Waals surface area contributed by atoms with Crippen molar-refractivity contribution in [2.24, 2.45) is 0 Å². The summed E-state index contributed by atoms with van der Waals surface area (Å²) in [7, 11) is 0. The highest BCUT2D eigenvalue weighted by Crippen LogP contribution is 2.48. The van der Waals surface area contributed by atoms with Crippen LogP contribution in [0.25, 0.3) is 0 Å². The van der Waals surface area contributed by atoms with Gasteiger partial charge in [0.25, 0.3) is 0 Å². The van der Waals surface area contributed by atoms with Crippen molar-refractivity contribution in [3.8, 4) is 23.0 Å². The van der Waals surface area contributed by atoms with E-state index in [4.69, 9.17) is 20.9 Å². The summed E-state index contributed by atoms with van der Waals surface area (Å²) in [6.07, 6.45) is -11.0. The number of hydrogen-bond donors (Lipinski definition) is 2. The van der Waals surface area contributed by atoms with E-state index in [1.807, 2.05) is 0 Å². The summed E-state index contributed by atoms with van der Waals surface area (Å²) < 4.78 is 146. The van der Waals surface area contributed by atoms with Gasteiger partial charge in [-0.2, -0.15) is 35.1 Å². The van der Waals surface area contributed by atoms with E-state index >= 15 is 0 Å². The van der Waals surface area contributed by atoms with Gasteiger partial charge in [0.05, 0.1) is 11.1 Å². The molecule has 34 heavy (non-hydrogen) atoms. The Bertz CT molecular complexity index is 1160. The van der Waals surface area contributed by atoms with Crippen LogP contribution in [-0.4, -0.2) is 0 Å². The molecule has 0 aromatic heterocycles. The smallest absolute Gasteiger partial charge is 0.420 e. The molecular weight excluding hydrogens is 490 g/mol. The van der Waals surface area contributed by atoms with Crippen molar-refractivity contribution in [1.82, 2.24) is 0 Å². The van der Waals surface area contributed by atoms with E-state index in [0.29, 0.717) is 24.3 Å². The quantitative estimate of drug-likeness (QED) is 0.298. The van der Waals surface area contributed by atoms with E-state index in [0.717, 1.165) is 0 Å². The Balaban J connectivity index is 2.25. The number of anilines is 2. The predicted molar refractivity (Wildman–Crippen MR) is 98.1 cm³/mol. The Kier molecular flexibility index (Phi) is 6.20. The van der Waals surface area contributed by atoms with Crippen LogP contribution in [0.3, 0.4) is 0 Å². The van der Waals surface area contributed by atoms with E-state index in [1.54, 1.807) is 0 Å². The van der Waals surface area contributed by atoms with Gasteiger partial charge in [0.1, 0.15) is 11.5 Å². The van der Waals surface area contributed by atoms with Crippen molar-refractivity contribution in [3.63, 3.8) is 0 Å². The summed E-state index contributed by atoms with van der Waals surface area (Å²) >= 11 is 0. The van der Waals surface area contributed by atoms with Crippen LogP contribution in [-0.2, 0) is 12.4 Å². The maximum absolute atomic E-state index is 14.0. The summed E-state index contributed by atoms with van der Waals surface area (Å²) in [4.78, 5) is 0. The summed E-state index contributed by atoms with van der Waals surface area (Å²) in [5, 5.41) is 0. The van der Waals surface area contributed by atoms with Gasteiger partial charge in [-0.25, -0.2) is 8.78 Å². The fraction of sp³-hybridized carbons (Fsp3) is 0.100. The second kappa shape index (κ2) is 8.50. The Morgan fingerprint density at radius 2 is 0.853 bits per heavy atom. The van der Waals surface area contributed by atoms with Gasteiger partial charge in [-0.15, -0.1) is 0 Å². The van der Waals surface area contributed by atoms with Gasteiger partial charge in [0, 0.05) is 41.7 Å². The molecule has 3 aromatic rings. The van der Waals surface area contributed by atoms with E-state index in [2.05, 4.69) is 0 Å². The molecule has 182 valence electrons. The van der Waals surface area contributed by atoms with Crippen molar-refractivity contribution in [2.75, 3.05) is 11.5 Å². The average molecular weight is 500 g/mol. The topological polar surface area (TPSA) is 70.5 Å². The van der Waals surface area contributed by atoms with Crippen LogP contribution in [0.5, 0.6) is 23.0 Å². The summed E-state index contributed by atoms with van der Waals surface area (Å²) in [6, 6.07) is 1.66. The molecule has 0 spiro atoms. The van der Waals surface area contributed by atoms with Crippen molar-refractivity contribution in [1.29, 1.82) is 0 Å². The largest absolute Gasteiger partial charge is 0.453 e. The zero-order valence-corrected chi connectivity index (χ0v) is 16.2. The monoisotopic (exact) mass is 500 g/mol. The van der Waals surface area contributed by atoms with Crippen LogP contribution in [0.15, 0.2) is 36.4 Å². The number of benzene rings is 3. The predicted octanol–water partition coefficient (Wildman–Crippen LogP) is 7.03. The lowest BCUT2D eigenvalue weighted by Crippen LogP contribution is -2.14. The van der Waals surface area contributed by atoms with Crippen molar-refractivity contribution >= 4 is 11.4 Å². The maximum atomic E-state index is 14.0. The second-order valence-corrected chi connectivity index (χ2v) is 6.67. The normalized spacial score (nSPS) is 12.1. The highest BCUT2D eigenvalue weighted by molar-refractivity contribution is 5.54. The van der Waals surface area contributed by atoms with Gasteiger partial charge in [0.15, 0.2) is 23.1 Å². The summed E-state index contributed by atoms with van der Waals surface area (Å²) in [5.74, 6) is -12.2. The fourth-order valence-corrected chi connectivity index (χ4v) is 2.73. The number of alkyl halides is 6. The zero-order chi connectivity index (χ0) is 25.6. The van der Waals surface area contributed by atoms with Crippen LogP contribution < -0.4 is 20.9 Å². The van der Waals surface area contributed by atoms with Gasteiger partial charge in [0.2, 0.25) is 11.6 Å². The molecule has 0 saturated carbocycles.